The third-order valence-electron chi connectivity index (χ3n) is 4.33. The summed E-state index contributed by atoms with van der Waals surface area (Å²) in [5.74, 6) is 0.901. The summed E-state index contributed by atoms with van der Waals surface area (Å²) in [6.45, 7) is 8.37. The molecule has 2 heterocycles. The van der Waals surface area contributed by atoms with Crippen LogP contribution < -0.4 is 20.9 Å². The van der Waals surface area contributed by atoms with E-state index in [-0.39, 0.29) is 5.91 Å². The van der Waals surface area contributed by atoms with E-state index in [9.17, 15) is 4.79 Å². The molecule has 1 saturated heterocycles. The second kappa shape index (κ2) is 9.41. The lowest BCUT2D eigenvalue weighted by Crippen LogP contribution is -2.47. The fourth-order valence-electron chi connectivity index (χ4n) is 2.93. The van der Waals surface area contributed by atoms with Gasteiger partial charge in [-0.25, -0.2) is 4.99 Å². The topological polar surface area (TPSA) is 68.8 Å². The Labute approximate surface area is 164 Å². The van der Waals surface area contributed by atoms with Gasteiger partial charge in [-0.3, -0.25) is 4.79 Å². The molecule has 27 heavy (non-hydrogen) atoms. The minimum absolute atomic E-state index is 0.0808. The summed E-state index contributed by atoms with van der Waals surface area (Å²) in [7, 11) is 0. The number of benzene rings is 1. The van der Waals surface area contributed by atoms with Gasteiger partial charge in [-0.15, -0.1) is 11.3 Å². The number of carbonyl (C=O) groups excluding carboxylic acids is 1. The number of anilines is 1. The lowest BCUT2D eigenvalue weighted by molar-refractivity contribution is -0.120. The lowest BCUT2D eigenvalue weighted by Gasteiger charge is -2.28. The van der Waals surface area contributed by atoms with Gasteiger partial charge in [0.25, 0.3) is 0 Å². The van der Waals surface area contributed by atoms with Crippen LogP contribution in [0, 0.1) is 6.92 Å². The maximum absolute atomic E-state index is 11.5. The van der Waals surface area contributed by atoms with E-state index >= 15 is 0 Å². The van der Waals surface area contributed by atoms with E-state index in [0.717, 1.165) is 36.8 Å². The lowest BCUT2D eigenvalue weighted by atomic mass is 10.2. The first-order valence-electron chi connectivity index (χ1n) is 9.32. The van der Waals surface area contributed by atoms with Gasteiger partial charge >= 0.3 is 0 Å². The molecule has 1 amide bonds. The molecule has 6 nitrogen and oxygen atoms in total. The number of carbonyl (C=O) groups is 1. The molecular weight excluding hydrogens is 358 g/mol. The molecule has 1 aliphatic rings. The van der Waals surface area contributed by atoms with Crippen molar-refractivity contribution in [2.45, 2.75) is 26.9 Å². The summed E-state index contributed by atoms with van der Waals surface area (Å²) >= 11 is 1.80. The first kappa shape index (κ1) is 19.2. The Balaban J connectivity index is 1.57. The maximum atomic E-state index is 11.5. The SMILES string of the molecule is CCNC(=NCc1ccc(N2CCNC(=O)C2)cc1)NCc1ccc(C)s1. The Kier molecular flexibility index (Phi) is 6.70. The van der Waals surface area contributed by atoms with Crippen molar-refractivity contribution >= 4 is 28.9 Å². The molecule has 0 unspecified atom stereocenters. The number of hydrogen-bond acceptors (Lipinski definition) is 4. The highest BCUT2D eigenvalue weighted by molar-refractivity contribution is 7.11. The summed E-state index contributed by atoms with van der Waals surface area (Å²) in [4.78, 5) is 20.9. The average molecular weight is 386 g/mol. The highest BCUT2D eigenvalue weighted by Crippen LogP contribution is 2.17. The smallest absolute Gasteiger partial charge is 0.239 e. The Morgan fingerprint density at radius 2 is 2.04 bits per heavy atom. The number of aryl methyl sites for hydroxylation is 1. The highest BCUT2D eigenvalue weighted by atomic mass is 32.1. The Hall–Kier alpha value is -2.54. The molecule has 0 aliphatic carbocycles. The molecule has 0 radical (unpaired) electrons. The molecule has 3 N–H and O–H groups in total. The van der Waals surface area contributed by atoms with Crippen LogP contribution in [0.3, 0.4) is 0 Å². The molecule has 144 valence electrons. The van der Waals surface area contributed by atoms with Crippen molar-refractivity contribution in [3.05, 3.63) is 51.7 Å². The number of rotatable bonds is 6. The van der Waals surface area contributed by atoms with E-state index < -0.39 is 0 Å². The zero-order chi connectivity index (χ0) is 19.1. The summed E-state index contributed by atoms with van der Waals surface area (Å²) in [5, 5.41) is 9.53. The molecule has 1 aromatic carbocycles. The van der Waals surface area contributed by atoms with Crippen molar-refractivity contribution in [3.8, 4) is 0 Å². The van der Waals surface area contributed by atoms with Gasteiger partial charge < -0.3 is 20.9 Å². The van der Waals surface area contributed by atoms with E-state index in [0.29, 0.717) is 19.6 Å². The number of nitrogens with zero attached hydrogens (tertiary/aromatic N) is 2. The Morgan fingerprint density at radius 1 is 1.22 bits per heavy atom. The fourth-order valence-corrected chi connectivity index (χ4v) is 3.76. The van der Waals surface area contributed by atoms with Gasteiger partial charge in [-0.05, 0) is 43.7 Å². The Morgan fingerprint density at radius 3 is 2.70 bits per heavy atom. The molecule has 2 aromatic rings. The zero-order valence-corrected chi connectivity index (χ0v) is 16.7. The van der Waals surface area contributed by atoms with E-state index in [4.69, 9.17) is 0 Å². The van der Waals surface area contributed by atoms with Crippen LogP contribution in [0.5, 0.6) is 0 Å². The molecule has 1 aliphatic heterocycles. The summed E-state index contributed by atoms with van der Waals surface area (Å²) in [6.07, 6.45) is 0. The quantitative estimate of drug-likeness (QED) is 0.527. The number of aliphatic imine (C=N–C) groups is 1. The molecule has 0 spiro atoms. The molecular formula is C20H27N5OS. The number of piperazine rings is 1. The summed E-state index contributed by atoms with van der Waals surface area (Å²) in [5.41, 5.74) is 2.22. The van der Waals surface area contributed by atoms with Crippen molar-refractivity contribution in [2.24, 2.45) is 4.99 Å². The van der Waals surface area contributed by atoms with Crippen LogP contribution in [0.15, 0.2) is 41.4 Å². The number of thiophene rings is 1. The zero-order valence-electron chi connectivity index (χ0n) is 15.9. The van der Waals surface area contributed by atoms with Crippen LogP contribution in [0.25, 0.3) is 0 Å². The van der Waals surface area contributed by atoms with Gasteiger partial charge in [-0.1, -0.05) is 12.1 Å². The molecule has 3 rings (SSSR count). The first-order chi connectivity index (χ1) is 13.1. The van der Waals surface area contributed by atoms with Crippen molar-refractivity contribution in [2.75, 3.05) is 31.1 Å². The van der Waals surface area contributed by atoms with Crippen molar-refractivity contribution < 1.29 is 4.79 Å². The molecule has 1 aromatic heterocycles. The van der Waals surface area contributed by atoms with Gasteiger partial charge in [-0.2, -0.15) is 0 Å². The van der Waals surface area contributed by atoms with E-state index in [1.54, 1.807) is 11.3 Å². The van der Waals surface area contributed by atoms with E-state index in [1.807, 2.05) is 0 Å². The van der Waals surface area contributed by atoms with Crippen LogP contribution in [0.1, 0.15) is 22.2 Å². The fraction of sp³-hybridized carbons (Fsp3) is 0.400. The minimum Gasteiger partial charge on any atom is -0.360 e. The van der Waals surface area contributed by atoms with Crippen LogP contribution in [0.4, 0.5) is 5.69 Å². The third kappa shape index (κ3) is 5.72. The van der Waals surface area contributed by atoms with E-state index in [2.05, 4.69) is 76.1 Å². The number of amides is 1. The average Bonchev–Trinajstić information content (AvgIpc) is 3.10. The van der Waals surface area contributed by atoms with Crippen molar-refractivity contribution in [3.63, 3.8) is 0 Å². The van der Waals surface area contributed by atoms with Crippen LogP contribution in [-0.4, -0.2) is 38.0 Å². The summed E-state index contributed by atoms with van der Waals surface area (Å²) < 4.78 is 0. The van der Waals surface area contributed by atoms with Gasteiger partial charge in [0, 0.05) is 35.1 Å². The second-order valence-corrected chi connectivity index (χ2v) is 7.87. The summed E-state index contributed by atoms with van der Waals surface area (Å²) in [6, 6.07) is 12.6. The minimum atomic E-state index is 0.0808. The molecule has 0 atom stereocenters. The van der Waals surface area contributed by atoms with Crippen molar-refractivity contribution in [1.29, 1.82) is 0 Å². The number of guanidine groups is 1. The van der Waals surface area contributed by atoms with Crippen molar-refractivity contribution in [1.82, 2.24) is 16.0 Å². The monoisotopic (exact) mass is 385 g/mol. The maximum Gasteiger partial charge on any atom is 0.239 e. The predicted octanol–water partition coefficient (Wildman–Crippen LogP) is 2.25. The first-order valence-corrected chi connectivity index (χ1v) is 10.1. The van der Waals surface area contributed by atoms with Gasteiger partial charge in [0.1, 0.15) is 0 Å². The molecule has 0 saturated carbocycles. The normalized spacial score (nSPS) is 14.8. The third-order valence-corrected chi connectivity index (χ3v) is 5.33. The Bertz CT molecular complexity index is 784. The molecule has 0 bridgehead atoms. The van der Waals surface area contributed by atoms with Crippen LogP contribution in [0.2, 0.25) is 0 Å². The van der Waals surface area contributed by atoms with Crippen LogP contribution in [-0.2, 0) is 17.9 Å². The second-order valence-electron chi connectivity index (χ2n) is 6.50. The largest absolute Gasteiger partial charge is 0.360 e. The van der Waals surface area contributed by atoms with Gasteiger partial charge in [0.2, 0.25) is 5.91 Å². The van der Waals surface area contributed by atoms with Crippen LogP contribution >= 0.6 is 11.3 Å². The highest BCUT2D eigenvalue weighted by Gasteiger charge is 2.16. The number of nitrogens with one attached hydrogen (secondary N) is 3. The predicted molar refractivity (Wildman–Crippen MR) is 112 cm³/mol. The molecule has 7 heteroatoms. The van der Waals surface area contributed by atoms with Gasteiger partial charge in [0.15, 0.2) is 5.96 Å². The van der Waals surface area contributed by atoms with E-state index in [1.165, 1.54) is 9.75 Å². The number of hydrogen-bond donors (Lipinski definition) is 3. The molecule has 1 fully saturated rings. The van der Waals surface area contributed by atoms with Gasteiger partial charge in [0.05, 0.1) is 19.6 Å². The standard InChI is InChI=1S/C20H27N5OS/c1-3-21-20(24-13-18-9-4-15(2)27-18)23-12-16-5-7-17(8-6-16)25-11-10-22-19(26)14-25/h4-9H,3,10-14H2,1-2H3,(H,22,26)(H2,21,23,24).